The molecule has 4 N–H and O–H groups in total. The fraction of sp³-hybridized carbons (Fsp3) is 0.769. The van der Waals surface area contributed by atoms with Gasteiger partial charge < -0.3 is 21.1 Å². The van der Waals surface area contributed by atoms with E-state index in [1.807, 2.05) is 11.8 Å². The summed E-state index contributed by atoms with van der Waals surface area (Å²) in [5, 5.41) is 17.5. The number of thioether (sulfide) groups is 1. The van der Waals surface area contributed by atoms with Crippen LogP contribution in [-0.2, 0) is 9.59 Å². The third-order valence-corrected chi connectivity index (χ3v) is 5.77. The Kier molecular flexibility index (Phi) is 6.25. The van der Waals surface area contributed by atoms with E-state index in [1.165, 1.54) is 0 Å². The fourth-order valence-corrected chi connectivity index (χ4v) is 4.52. The lowest BCUT2D eigenvalue weighted by Gasteiger charge is -2.16. The molecule has 0 saturated carbocycles. The summed E-state index contributed by atoms with van der Waals surface area (Å²) in [4.78, 5) is 33.7. The maximum atomic E-state index is 11.7. The van der Waals surface area contributed by atoms with Gasteiger partial charge >= 0.3 is 12.0 Å². The standard InChI is InChI=1S/C13H21N3O4S2/c17-10(14-7(5-21)12(18)19)4-2-1-3-9-11-8(6-22-9)15-13(20)16-11/h7-9,11,21H,1-6H2,(H,14,17)(H,18,19)(H2,15,16,20)/t7-,8-,9-,11-/m1/s1. The van der Waals surface area contributed by atoms with E-state index in [0.717, 1.165) is 18.6 Å². The molecule has 0 aliphatic carbocycles. The van der Waals surface area contributed by atoms with Gasteiger partial charge in [-0.1, -0.05) is 6.42 Å². The lowest BCUT2D eigenvalue weighted by Crippen LogP contribution is -2.42. The predicted molar refractivity (Wildman–Crippen MR) is 87.4 cm³/mol. The van der Waals surface area contributed by atoms with Gasteiger partial charge in [-0.25, -0.2) is 9.59 Å². The van der Waals surface area contributed by atoms with Gasteiger partial charge in [0.15, 0.2) is 0 Å². The smallest absolute Gasteiger partial charge is 0.327 e. The first-order valence-corrected chi connectivity index (χ1v) is 9.01. The molecule has 0 spiro atoms. The van der Waals surface area contributed by atoms with Crippen molar-refractivity contribution in [2.24, 2.45) is 0 Å². The van der Waals surface area contributed by atoms with E-state index in [1.54, 1.807) is 0 Å². The van der Waals surface area contributed by atoms with Crippen LogP contribution in [-0.4, -0.2) is 57.9 Å². The van der Waals surface area contributed by atoms with Crippen LogP contribution >= 0.6 is 24.4 Å². The van der Waals surface area contributed by atoms with E-state index in [0.29, 0.717) is 18.1 Å². The molecule has 0 aromatic carbocycles. The third kappa shape index (κ3) is 4.45. The van der Waals surface area contributed by atoms with E-state index in [2.05, 4.69) is 28.6 Å². The lowest BCUT2D eigenvalue weighted by atomic mass is 10.0. The summed E-state index contributed by atoms with van der Waals surface area (Å²) in [5.74, 6) is -0.317. The Bertz CT molecular complexity index is 449. The number of aliphatic carboxylic acids is 1. The van der Waals surface area contributed by atoms with E-state index < -0.39 is 12.0 Å². The molecule has 22 heavy (non-hydrogen) atoms. The van der Waals surface area contributed by atoms with E-state index in [9.17, 15) is 14.4 Å². The number of amides is 3. The van der Waals surface area contributed by atoms with Crippen LogP contribution in [0.15, 0.2) is 0 Å². The molecule has 0 unspecified atom stereocenters. The number of hydrogen-bond acceptors (Lipinski definition) is 5. The minimum Gasteiger partial charge on any atom is -0.480 e. The SMILES string of the molecule is O=C(CCCC[C@H]1SC[C@H]2NC(=O)N[C@H]21)N[C@H](CS)C(=O)O. The minimum absolute atomic E-state index is 0.0789. The number of nitrogens with one attached hydrogen (secondary N) is 3. The van der Waals surface area contributed by atoms with E-state index in [4.69, 9.17) is 5.11 Å². The average Bonchev–Trinajstić information content (AvgIpc) is 3.00. The van der Waals surface area contributed by atoms with Crippen molar-refractivity contribution in [3.63, 3.8) is 0 Å². The van der Waals surface area contributed by atoms with Crippen molar-refractivity contribution < 1.29 is 19.5 Å². The molecule has 4 atom stereocenters. The Morgan fingerprint density at radius 2 is 2.18 bits per heavy atom. The quantitative estimate of drug-likeness (QED) is 0.245. The molecule has 7 nitrogen and oxygen atoms in total. The molecule has 0 radical (unpaired) electrons. The predicted octanol–water partition coefficient (Wildman–Crippen LogP) is 0.211. The van der Waals surface area contributed by atoms with Gasteiger partial charge in [-0.05, 0) is 12.8 Å². The Morgan fingerprint density at radius 1 is 1.41 bits per heavy atom. The average molecular weight is 347 g/mol. The van der Waals surface area contributed by atoms with Gasteiger partial charge in [-0.15, -0.1) is 0 Å². The van der Waals surface area contributed by atoms with Crippen molar-refractivity contribution >= 4 is 42.3 Å². The zero-order chi connectivity index (χ0) is 16.1. The molecular weight excluding hydrogens is 326 g/mol. The highest BCUT2D eigenvalue weighted by atomic mass is 32.2. The highest BCUT2D eigenvalue weighted by molar-refractivity contribution is 8.00. The molecule has 2 fully saturated rings. The van der Waals surface area contributed by atoms with Crippen molar-refractivity contribution in [3.05, 3.63) is 0 Å². The molecular formula is C13H21N3O4S2. The molecule has 9 heteroatoms. The molecule has 0 aromatic heterocycles. The van der Waals surface area contributed by atoms with Gasteiger partial charge in [-0.2, -0.15) is 24.4 Å². The van der Waals surface area contributed by atoms with Crippen molar-refractivity contribution in [2.45, 2.75) is 49.1 Å². The van der Waals surface area contributed by atoms with Crippen LogP contribution in [0.25, 0.3) is 0 Å². The number of thiol groups is 1. The zero-order valence-corrected chi connectivity index (χ0v) is 13.8. The number of rotatable bonds is 8. The first kappa shape index (κ1) is 17.3. The largest absolute Gasteiger partial charge is 0.480 e. The Labute approximate surface area is 138 Å². The molecule has 3 amide bonds. The molecule has 2 aliphatic heterocycles. The second-order valence-electron chi connectivity index (χ2n) is 5.51. The zero-order valence-electron chi connectivity index (χ0n) is 12.1. The van der Waals surface area contributed by atoms with Gasteiger partial charge in [-0.3, -0.25) is 4.79 Å². The van der Waals surface area contributed by atoms with Gasteiger partial charge in [0.25, 0.3) is 0 Å². The number of carboxylic acids is 1. The van der Waals surface area contributed by atoms with Crippen LogP contribution in [0.1, 0.15) is 25.7 Å². The first-order valence-electron chi connectivity index (χ1n) is 7.33. The third-order valence-electron chi connectivity index (χ3n) is 3.90. The number of urea groups is 1. The monoisotopic (exact) mass is 347 g/mol. The van der Waals surface area contributed by atoms with Gasteiger partial charge in [0, 0.05) is 23.2 Å². The maximum Gasteiger partial charge on any atom is 0.327 e. The molecule has 0 aromatic rings. The Morgan fingerprint density at radius 3 is 2.86 bits per heavy atom. The molecule has 0 bridgehead atoms. The highest BCUT2D eigenvalue weighted by Crippen LogP contribution is 2.33. The van der Waals surface area contributed by atoms with Gasteiger partial charge in [0.2, 0.25) is 5.91 Å². The summed E-state index contributed by atoms with van der Waals surface area (Å²) in [6, 6.07) is -0.614. The summed E-state index contributed by atoms with van der Waals surface area (Å²) in [5.41, 5.74) is 0. The minimum atomic E-state index is -1.07. The van der Waals surface area contributed by atoms with Crippen molar-refractivity contribution in [1.29, 1.82) is 0 Å². The Balaban J connectivity index is 1.62. The molecule has 124 valence electrons. The van der Waals surface area contributed by atoms with Crippen molar-refractivity contribution in [2.75, 3.05) is 11.5 Å². The van der Waals surface area contributed by atoms with Crippen LogP contribution in [0.2, 0.25) is 0 Å². The number of fused-ring (bicyclic) bond motifs is 1. The maximum absolute atomic E-state index is 11.7. The second-order valence-corrected chi connectivity index (χ2v) is 7.15. The van der Waals surface area contributed by atoms with Crippen LogP contribution in [0.4, 0.5) is 4.79 Å². The van der Waals surface area contributed by atoms with Gasteiger partial charge in [0.1, 0.15) is 6.04 Å². The Hall–Kier alpha value is -1.09. The molecule has 2 rings (SSSR count). The second kappa shape index (κ2) is 7.96. The first-order chi connectivity index (χ1) is 10.5. The summed E-state index contributed by atoms with van der Waals surface area (Å²) in [6.45, 7) is 0. The van der Waals surface area contributed by atoms with Crippen LogP contribution in [0, 0.1) is 0 Å². The van der Waals surface area contributed by atoms with E-state index >= 15 is 0 Å². The topological polar surface area (TPSA) is 108 Å². The summed E-state index contributed by atoms with van der Waals surface area (Å²) >= 11 is 5.75. The van der Waals surface area contributed by atoms with E-state index in [-0.39, 0.29) is 29.8 Å². The van der Waals surface area contributed by atoms with Crippen LogP contribution in [0.5, 0.6) is 0 Å². The number of carbonyl (C=O) groups excluding carboxylic acids is 2. The molecule has 2 saturated heterocycles. The lowest BCUT2D eigenvalue weighted by molar-refractivity contribution is -0.141. The molecule has 2 aliphatic rings. The fourth-order valence-electron chi connectivity index (χ4n) is 2.73. The van der Waals surface area contributed by atoms with Crippen LogP contribution in [0.3, 0.4) is 0 Å². The normalized spacial score (nSPS) is 27.7. The number of hydrogen-bond donors (Lipinski definition) is 5. The number of carbonyl (C=O) groups is 3. The van der Waals surface area contributed by atoms with Crippen molar-refractivity contribution in [1.82, 2.24) is 16.0 Å². The highest BCUT2D eigenvalue weighted by Gasteiger charge is 2.42. The summed E-state index contributed by atoms with van der Waals surface area (Å²) in [7, 11) is 0. The van der Waals surface area contributed by atoms with Crippen molar-refractivity contribution in [3.8, 4) is 0 Å². The van der Waals surface area contributed by atoms with Gasteiger partial charge in [0.05, 0.1) is 12.1 Å². The summed E-state index contributed by atoms with van der Waals surface area (Å²) in [6.07, 6.45) is 2.84. The molecule has 2 heterocycles. The number of carboxylic acid groups (broad SMARTS) is 1. The summed E-state index contributed by atoms with van der Waals surface area (Å²) < 4.78 is 0. The van der Waals surface area contributed by atoms with Crippen LogP contribution < -0.4 is 16.0 Å². The number of unbranched alkanes of at least 4 members (excludes halogenated alkanes) is 1.